The summed E-state index contributed by atoms with van der Waals surface area (Å²) in [5.41, 5.74) is -1.05. The average Bonchev–Trinajstić information content (AvgIpc) is 2.45. The van der Waals surface area contributed by atoms with Crippen LogP contribution in [0, 0.1) is 17.8 Å². The molecule has 0 aliphatic heterocycles. The van der Waals surface area contributed by atoms with E-state index >= 15 is 0 Å². The van der Waals surface area contributed by atoms with Gasteiger partial charge in [0.05, 0.1) is 6.04 Å². The van der Waals surface area contributed by atoms with Crippen LogP contribution in [0.2, 0.25) is 0 Å². The van der Waals surface area contributed by atoms with Gasteiger partial charge in [-0.05, 0) is 5.92 Å². The monoisotopic (exact) mass is 282 g/mol. The molecule has 1 heterocycles. The summed E-state index contributed by atoms with van der Waals surface area (Å²) in [5, 5.41) is 28.3. The van der Waals surface area contributed by atoms with Crippen LogP contribution >= 0.6 is 0 Å². The Morgan fingerprint density at radius 3 is 2.30 bits per heavy atom. The number of hydrogen-bond donors (Lipinski definition) is 4. The molecule has 0 saturated carbocycles. The fourth-order valence-electron chi connectivity index (χ4n) is 2.78. The van der Waals surface area contributed by atoms with Crippen molar-refractivity contribution in [3.05, 3.63) is 45.3 Å². The van der Waals surface area contributed by atoms with Crippen LogP contribution in [0.3, 0.4) is 0 Å². The molecule has 7 heteroatoms. The zero-order valence-corrected chi connectivity index (χ0v) is 10.8. The maximum atomic E-state index is 11.8. The highest BCUT2D eigenvalue weighted by Gasteiger charge is 2.36. The smallest absolute Gasteiger partial charge is 0.328 e. The number of aromatic nitrogens is 2. The van der Waals surface area contributed by atoms with Gasteiger partial charge in [0.15, 0.2) is 0 Å². The Morgan fingerprint density at radius 2 is 1.75 bits per heavy atom. The minimum absolute atomic E-state index is 0.133. The topological polar surface area (TPSA) is 116 Å². The molecular weight excluding hydrogens is 264 g/mol. The van der Waals surface area contributed by atoms with Gasteiger partial charge >= 0.3 is 5.69 Å². The third-order valence-corrected chi connectivity index (χ3v) is 3.90. The van der Waals surface area contributed by atoms with Crippen molar-refractivity contribution >= 4 is 0 Å². The number of nitrogens with zero attached hydrogens (tertiary/aromatic N) is 1. The molecule has 1 aromatic rings. The van der Waals surface area contributed by atoms with Gasteiger partial charge in [-0.2, -0.15) is 0 Å². The van der Waals surface area contributed by atoms with Crippen molar-refractivity contribution in [2.24, 2.45) is 17.8 Å². The molecule has 0 spiro atoms. The molecule has 7 nitrogen and oxygen atoms in total. The van der Waals surface area contributed by atoms with Crippen LogP contribution in [0.1, 0.15) is 6.04 Å². The van der Waals surface area contributed by atoms with Crippen LogP contribution in [-0.2, 0) is 0 Å². The molecule has 0 unspecified atom stereocenters. The van der Waals surface area contributed by atoms with Gasteiger partial charge in [0.25, 0.3) is 5.56 Å². The Bertz CT molecular complexity index is 591. The molecular formula is C13H18N2O5. The summed E-state index contributed by atoms with van der Waals surface area (Å²) in [7, 11) is 0. The summed E-state index contributed by atoms with van der Waals surface area (Å²) in [4.78, 5) is 25.1. The maximum absolute atomic E-state index is 11.8. The van der Waals surface area contributed by atoms with Crippen LogP contribution in [0.15, 0.2) is 34.0 Å². The first kappa shape index (κ1) is 14.7. The number of aromatic amines is 1. The quantitative estimate of drug-likeness (QED) is 0.500. The molecule has 0 saturated heterocycles. The zero-order chi connectivity index (χ0) is 14.7. The molecule has 2 rings (SSSR count). The van der Waals surface area contributed by atoms with E-state index in [1.807, 2.05) is 0 Å². The molecule has 1 aliphatic carbocycles. The van der Waals surface area contributed by atoms with Crippen LogP contribution in [-0.4, -0.2) is 44.7 Å². The molecule has 4 atom stereocenters. The number of hydrogen-bond acceptors (Lipinski definition) is 5. The van der Waals surface area contributed by atoms with E-state index in [2.05, 4.69) is 4.98 Å². The minimum Gasteiger partial charge on any atom is -0.396 e. The second-order valence-corrected chi connectivity index (χ2v) is 4.93. The first-order valence-electron chi connectivity index (χ1n) is 6.44. The van der Waals surface area contributed by atoms with Crippen LogP contribution in [0.25, 0.3) is 0 Å². The lowest BCUT2D eigenvalue weighted by Crippen LogP contribution is -2.42. The van der Waals surface area contributed by atoms with E-state index in [0.717, 1.165) is 0 Å². The van der Waals surface area contributed by atoms with Gasteiger partial charge in [0, 0.05) is 43.9 Å². The first-order chi connectivity index (χ1) is 9.62. The third-order valence-electron chi connectivity index (χ3n) is 3.90. The Labute approximate surface area is 114 Å². The Morgan fingerprint density at radius 1 is 1.05 bits per heavy atom. The summed E-state index contributed by atoms with van der Waals surface area (Å²) in [5.74, 6) is -1.02. The minimum atomic E-state index is -0.565. The predicted octanol–water partition coefficient (Wildman–Crippen LogP) is -1.53. The Kier molecular flexibility index (Phi) is 4.53. The van der Waals surface area contributed by atoms with E-state index in [4.69, 9.17) is 0 Å². The lowest BCUT2D eigenvalue weighted by molar-refractivity contribution is 0.0430. The van der Waals surface area contributed by atoms with E-state index in [9.17, 15) is 24.9 Å². The predicted molar refractivity (Wildman–Crippen MR) is 71.2 cm³/mol. The van der Waals surface area contributed by atoms with E-state index in [1.54, 1.807) is 12.2 Å². The SMILES string of the molecule is O=c1ccn([C@@H]2C=C[C@H](CO)[C@H](CO)[C@@H]2CO)c(=O)[nH]1. The largest absolute Gasteiger partial charge is 0.396 e. The average molecular weight is 282 g/mol. The fourth-order valence-corrected chi connectivity index (χ4v) is 2.78. The number of aliphatic hydroxyl groups excluding tert-OH is 3. The second-order valence-electron chi connectivity index (χ2n) is 4.93. The van der Waals surface area contributed by atoms with Gasteiger partial charge in [-0.1, -0.05) is 12.2 Å². The molecule has 110 valence electrons. The van der Waals surface area contributed by atoms with Crippen molar-refractivity contribution in [1.29, 1.82) is 0 Å². The molecule has 20 heavy (non-hydrogen) atoms. The molecule has 1 aromatic heterocycles. The highest BCUT2D eigenvalue weighted by Crippen LogP contribution is 2.35. The van der Waals surface area contributed by atoms with E-state index < -0.39 is 23.2 Å². The Hall–Kier alpha value is -1.70. The van der Waals surface area contributed by atoms with Crippen molar-refractivity contribution in [2.75, 3.05) is 19.8 Å². The molecule has 4 N–H and O–H groups in total. The number of rotatable bonds is 4. The molecule has 0 fully saturated rings. The van der Waals surface area contributed by atoms with Gasteiger partial charge in [0.2, 0.25) is 0 Å². The van der Waals surface area contributed by atoms with Crippen molar-refractivity contribution in [3.8, 4) is 0 Å². The molecule has 0 aromatic carbocycles. The number of H-pyrrole nitrogens is 1. The summed E-state index contributed by atoms with van der Waals surface area (Å²) in [6.07, 6.45) is 4.81. The summed E-state index contributed by atoms with van der Waals surface area (Å²) in [6.45, 7) is -0.566. The van der Waals surface area contributed by atoms with E-state index in [1.165, 1.54) is 16.8 Å². The van der Waals surface area contributed by atoms with Crippen molar-refractivity contribution < 1.29 is 15.3 Å². The number of aliphatic hydroxyl groups is 3. The lowest BCUT2D eigenvalue weighted by Gasteiger charge is -2.37. The molecule has 0 bridgehead atoms. The maximum Gasteiger partial charge on any atom is 0.328 e. The first-order valence-corrected chi connectivity index (χ1v) is 6.44. The van der Waals surface area contributed by atoms with Crippen LogP contribution < -0.4 is 11.2 Å². The summed E-state index contributed by atoms with van der Waals surface area (Å²) in [6, 6.07) is 0.764. The van der Waals surface area contributed by atoms with E-state index in [-0.39, 0.29) is 31.7 Å². The number of nitrogens with one attached hydrogen (secondary N) is 1. The van der Waals surface area contributed by atoms with Gasteiger partial charge in [-0.3, -0.25) is 14.3 Å². The van der Waals surface area contributed by atoms with Crippen molar-refractivity contribution in [2.45, 2.75) is 6.04 Å². The van der Waals surface area contributed by atoms with Crippen LogP contribution in [0.5, 0.6) is 0 Å². The van der Waals surface area contributed by atoms with Gasteiger partial charge in [-0.25, -0.2) is 4.79 Å². The van der Waals surface area contributed by atoms with Gasteiger partial charge in [-0.15, -0.1) is 0 Å². The second kappa shape index (κ2) is 6.17. The summed E-state index contributed by atoms with van der Waals surface area (Å²) >= 11 is 0. The van der Waals surface area contributed by atoms with Crippen LogP contribution in [0.4, 0.5) is 0 Å². The zero-order valence-electron chi connectivity index (χ0n) is 10.8. The molecule has 0 amide bonds. The molecule has 0 radical (unpaired) electrons. The fraction of sp³-hybridized carbons (Fsp3) is 0.538. The van der Waals surface area contributed by atoms with Crippen molar-refractivity contribution in [1.82, 2.24) is 9.55 Å². The molecule has 1 aliphatic rings. The lowest BCUT2D eigenvalue weighted by atomic mass is 9.74. The third kappa shape index (κ3) is 2.60. The number of allylic oxidation sites excluding steroid dienone is 1. The van der Waals surface area contributed by atoms with Crippen molar-refractivity contribution in [3.63, 3.8) is 0 Å². The van der Waals surface area contributed by atoms with E-state index in [0.29, 0.717) is 0 Å². The van der Waals surface area contributed by atoms with Gasteiger partial charge < -0.3 is 15.3 Å². The summed E-state index contributed by atoms with van der Waals surface area (Å²) < 4.78 is 1.31. The Balaban J connectivity index is 2.44. The van der Waals surface area contributed by atoms with Gasteiger partial charge in [0.1, 0.15) is 0 Å². The highest BCUT2D eigenvalue weighted by molar-refractivity contribution is 5.08. The standard InChI is InChI=1S/C13H18N2O5/c16-5-8-1-2-11(10(7-18)9(8)6-17)15-4-3-12(19)14-13(15)20/h1-4,8-11,16-18H,5-7H2,(H,14,19,20)/t8-,9+,10+,11-/m1/s1. The highest BCUT2D eigenvalue weighted by atomic mass is 16.3. The normalized spacial score (nSPS) is 29.6.